The van der Waals surface area contributed by atoms with Crippen LogP contribution < -0.4 is 5.73 Å². The van der Waals surface area contributed by atoms with Crippen molar-refractivity contribution >= 4 is 11.6 Å². The number of phenols is 1. The Bertz CT molecular complexity index is 948. The number of carbonyl (C=O) groups excluding carboxylic acids is 1. The quantitative estimate of drug-likeness (QED) is 0.712. The Morgan fingerprint density at radius 2 is 1.68 bits per heavy atom. The second-order valence-electron chi connectivity index (χ2n) is 5.22. The highest BCUT2D eigenvalue weighted by atomic mass is 19.4. The van der Waals surface area contributed by atoms with E-state index < -0.39 is 17.5 Å². The molecule has 3 aromatic rings. The van der Waals surface area contributed by atoms with E-state index >= 15 is 0 Å². The molecule has 0 unspecified atom stereocenters. The molecule has 0 aliphatic heterocycles. The van der Waals surface area contributed by atoms with Crippen molar-refractivity contribution in [2.24, 2.45) is 0 Å². The Morgan fingerprint density at radius 3 is 2.36 bits per heavy atom. The first-order chi connectivity index (χ1) is 11.8. The van der Waals surface area contributed by atoms with Gasteiger partial charge in [0.25, 0.3) is 0 Å². The van der Waals surface area contributed by atoms with Gasteiger partial charge in [0.2, 0.25) is 5.78 Å². The largest absolute Gasteiger partial charge is 0.507 e. The Morgan fingerprint density at radius 1 is 1.04 bits per heavy atom. The third-order valence-electron chi connectivity index (χ3n) is 3.64. The van der Waals surface area contributed by atoms with Crippen molar-refractivity contribution in [3.05, 3.63) is 71.4 Å². The molecule has 128 valence electrons. The van der Waals surface area contributed by atoms with Gasteiger partial charge in [-0.3, -0.25) is 4.79 Å². The number of halogens is 3. The summed E-state index contributed by atoms with van der Waals surface area (Å²) in [6.45, 7) is 0. The topological polar surface area (TPSA) is 81.1 Å². The second-order valence-corrected chi connectivity index (χ2v) is 5.22. The van der Waals surface area contributed by atoms with Gasteiger partial charge in [0.05, 0.1) is 28.6 Å². The van der Waals surface area contributed by atoms with Crippen LogP contribution >= 0.6 is 0 Å². The van der Waals surface area contributed by atoms with Crippen LogP contribution in [0.5, 0.6) is 5.75 Å². The fraction of sp³-hybridized carbons (Fsp3) is 0.0588. The minimum atomic E-state index is -4.60. The van der Waals surface area contributed by atoms with E-state index in [4.69, 9.17) is 5.73 Å². The maximum atomic E-state index is 13.2. The number of ketones is 1. The molecule has 0 saturated heterocycles. The van der Waals surface area contributed by atoms with Crippen LogP contribution in [0.4, 0.5) is 19.0 Å². The normalized spacial score (nSPS) is 11.5. The van der Waals surface area contributed by atoms with E-state index in [2.05, 4.69) is 5.10 Å². The molecule has 0 amide bonds. The van der Waals surface area contributed by atoms with Crippen molar-refractivity contribution < 1.29 is 23.1 Å². The van der Waals surface area contributed by atoms with Gasteiger partial charge in [-0.1, -0.05) is 24.3 Å². The number of hydrogen-bond acceptors (Lipinski definition) is 4. The van der Waals surface area contributed by atoms with Crippen molar-refractivity contribution in [1.29, 1.82) is 0 Å². The Kier molecular flexibility index (Phi) is 3.96. The molecule has 3 N–H and O–H groups in total. The summed E-state index contributed by atoms with van der Waals surface area (Å²) in [6.07, 6.45) is -3.52. The second kappa shape index (κ2) is 5.97. The number of nitrogens with two attached hydrogens (primary N) is 1. The van der Waals surface area contributed by atoms with E-state index in [1.54, 1.807) is 12.1 Å². The van der Waals surface area contributed by atoms with Gasteiger partial charge in [-0.25, -0.2) is 4.68 Å². The number of nitrogen functional groups attached to an aromatic ring is 1. The van der Waals surface area contributed by atoms with Crippen molar-refractivity contribution in [2.45, 2.75) is 6.18 Å². The van der Waals surface area contributed by atoms with Gasteiger partial charge in [-0.05, 0) is 24.3 Å². The summed E-state index contributed by atoms with van der Waals surface area (Å²) < 4.78 is 40.4. The summed E-state index contributed by atoms with van der Waals surface area (Å²) in [5.74, 6) is -1.13. The van der Waals surface area contributed by atoms with E-state index in [1.807, 2.05) is 0 Å². The minimum Gasteiger partial charge on any atom is -0.507 e. The first-order valence-corrected chi connectivity index (χ1v) is 7.13. The molecule has 1 aromatic heterocycles. The van der Waals surface area contributed by atoms with Gasteiger partial charge in [-0.2, -0.15) is 18.3 Å². The molecule has 2 aromatic carbocycles. The number of rotatable bonds is 3. The fourth-order valence-corrected chi connectivity index (χ4v) is 2.43. The number of hydrogen-bond donors (Lipinski definition) is 2. The summed E-state index contributed by atoms with van der Waals surface area (Å²) in [6, 6.07) is 10.6. The van der Waals surface area contributed by atoms with E-state index in [1.165, 1.54) is 30.3 Å². The monoisotopic (exact) mass is 347 g/mol. The molecule has 0 atom stereocenters. The van der Waals surface area contributed by atoms with Crippen LogP contribution in [-0.4, -0.2) is 20.7 Å². The zero-order valence-electron chi connectivity index (χ0n) is 12.7. The molecule has 0 saturated carbocycles. The molecule has 1 heterocycles. The highest BCUT2D eigenvalue weighted by molar-refractivity contribution is 6.13. The lowest BCUT2D eigenvalue weighted by molar-refractivity contribution is -0.137. The van der Waals surface area contributed by atoms with Crippen LogP contribution in [0.2, 0.25) is 0 Å². The predicted molar refractivity (Wildman–Crippen MR) is 84.5 cm³/mol. The van der Waals surface area contributed by atoms with Gasteiger partial charge in [-0.15, -0.1) is 0 Å². The Hall–Kier alpha value is -3.29. The lowest BCUT2D eigenvalue weighted by atomic mass is 10.0. The Labute approximate surface area is 140 Å². The summed E-state index contributed by atoms with van der Waals surface area (Å²) in [5, 5.41) is 13.6. The van der Waals surface area contributed by atoms with Gasteiger partial charge < -0.3 is 10.8 Å². The van der Waals surface area contributed by atoms with E-state index in [-0.39, 0.29) is 28.4 Å². The van der Waals surface area contributed by atoms with Crippen LogP contribution in [-0.2, 0) is 6.18 Å². The number of phenolic OH excluding ortho intramolecular Hbond substituents is 1. The third kappa shape index (κ3) is 2.93. The van der Waals surface area contributed by atoms with Crippen molar-refractivity contribution in [3.63, 3.8) is 0 Å². The summed E-state index contributed by atoms with van der Waals surface area (Å²) in [7, 11) is 0. The lowest BCUT2D eigenvalue weighted by Crippen LogP contribution is -2.13. The molecule has 25 heavy (non-hydrogen) atoms. The molecule has 0 bridgehead atoms. The number of nitrogens with zero attached hydrogens (tertiary/aromatic N) is 2. The predicted octanol–water partition coefficient (Wildman–Crippen LogP) is 3.41. The number of carbonyl (C=O) groups is 1. The highest BCUT2D eigenvalue weighted by Gasteiger charge is 2.34. The summed E-state index contributed by atoms with van der Waals surface area (Å²) >= 11 is 0. The van der Waals surface area contributed by atoms with E-state index in [9.17, 15) is 23.1 Å². The van der Waals surface area contributed by atoms with E-state index in [0.29, 0.717) is 0 Å². The lowest BCUT2D eigenvalue weighted by Gasteiger charge is -2.13. The number of aromatic nitrogens is 2. The van der Waals surface area contributed by atoms with Crippen molar-refractivity contribution in [3.8, 4) is 11.4 Å². The number of anilines is 1. The SMILES string of the molecule is Nc1c(C(=O)c2ccccc2O)cnn1-c1ccccc1C(F)(F)F. The third-order valence-corrected chi connectivity index (χ3v) is 3.64. The zero-order chi connectivity index (χ0) is 18.2. The van der Waals surface area contributed by atoms with Gasteiger partial charge in [0.15, 0.2) is 0 Å². The molecule has 8 heteroatoms. The first kappa shape index (κ1) is 16.6. The summed E-state index contributed by atoms with van der Waals surface area (Å²) in [5.41, 5.74) is 4.54. The molecule has 0 fully saturated rings. The average Bonchev–Trinajstić information content (AvgIpc) is 2.95. The van der Waals surface area contributed by atoms with Crippen molar-refractivity contribution in [1.82, 2.24) is 9.78 Å². The van der Waals surface area contributed by atoms with Crippen LogP contribution in [0.15, 0.2) is 54.7 Å². The maximum Gasteiger partial charge on any atom is 0.418 e. The number of benzene rings is 2. The molecule has 0 radical (unpaired) electrons. The number of alkyl halides is 3. The van der Waals surface area contributed by atoms with Gasteiger partial charge >= 0.3 is 6.18 Å². The van der Waals surface area contributed by atoms with E-state index in [0.717, 1.165) is 16.9 Å². The van der Waals surface area contributed by atoms with Gasteiger partial charge in [0, 0.05) is 0 Å². The molecule has 0 spiro atoms. The van der Waals surface area contributed by atoms with Crippen LogP contribution in [0.25, 0.3) is 5.69 Å². The average molecular weight is 347 g/mol. The zero-order valence-corrected chi connectivity index (χ0v) is 12.7. The molecule has 0 aliphatic carbocycles. The van der Waals surface area contributed by atoms with Crippen molar-refractivity contribution in [2.75, 3.05) is 5.73 Å². The molecule has 3 rings (SSSR count). The van der Waals surface area contributed by atoms with Gasteiger partial charge in [0.1, 0.15) is 11.6 Å². The first-order valence-electron chi connectivity index (χ1n) is 7.13. The smallest absolute Gasteiger partial charge is 0.418 e. The van der Waals surface area contributed by atoms with Crippen LogP contribution in [0.3, 0.4) is 0 Å². The highest BCUT2D eigenvalue weighted by Crippen LogP contribution is 2.35. The molecule has 5 nitrogen and oxygen atoms in total. The number of aromatic hydroxyl groups is 1. The number of para-hydroxylation sites is 2. The van der Waals surface area contributed by atoms with Crippen LogP contribution in [0, 0.1) is 0 Å². The minimum absolute atomic E-state index is 0.0159. The molecular weight excluding hydrogens is 335 g/mol. The Balaban J connectivity index is 2.10. The summed E-state index contributed by atoms with van der Waals surface area (Å²) in [4.78, 5) is 12.5. The maximum absolute atomic E-state index is 13.2. The molecular formula is C17H12F3N3O2. The van der Waals surface area contributed by atoms with Crippen LogP contribution in [0.1, 0.15) is 21.5 Å². The fourth-order valence-electron chi connectivity index (χ4n) is 2.43. The molecule has 0 aliphatic rings. The standard InChI is InChI=1S/C17H12F3N3O2/c18-17(19,20)12-6-2-3-7-13(12)23-16(21)11(9-22-23)15(25)10-5-1-4-8-14(10)24/h1-9,24H,21H2.